The summed E-state index contributed by atoms with van der Waals surface area (Å²) in [6, 6.07) is 24.9. The summed E-state index contributed by atoms with van der Waals surface area (Å²) in [4.78, 5) is 42.5. The van der Waals surface area contributed by atoms with Crippen molar-refractivity contribution in [2.75, 3.05) is 24.3 Å². The van der Waals surface area contributed by atoms with Gasteiger partial charge < -0.3 is 35.7 Å². The fourth-order valence-corrected chi connectivity index (χ4v) is 6.43. The molecule has 2 heterocycles. The number of nitrogens with one attached hydrogen (secondary N) is 4. The van der Waals surface area contributed by atoms with E-state index in [-0.39, 0.29) is 37.4 Å². The highest BCUT2D eigenvalue weighted by molar-refractivity contribution is 7.98. The molecule has 258 valence electrons. The fraction of sp³-hybridized carbons (Fsp3) is 0.342. The lowest BCUT2D eigenvalue weighted by molar-refractivity contribution is -0.128. The van der Waals surface area contributed by atoms with E-state index >= 15 is 0 Å². The molecule has 0 saturated carbocycles. The third kappa shape index (κ3) is 9.75. The minimum atomic E-state index is -0.660. The third-order valence-electron chi connectivity index (χ3n) is 8.56. The normalized spacial score (nSPS) is 14.6. The van der Waals surface area contributed by atoms with Crippen molar-refractivity contribution in [2.45, 2.75) is 69.2 Å². The van der Waals surface area contributed by atoms with Gasteiger partial charge >= 0.3 is 6.03 Å². The number of carbonyl (C=O) groups excluding carboxylic acids is 3. The maximum atomic E-state index is 14.2. The number of aliphatic hydroxyl groups excluding tert-OH is 1. The van der Waals surface area contributed by atoms with Gasteiger partial charge in [-0.15, -0.1) is 11.8 Å². The first-order valence-electron chi connectivity index (χ1n) is 16.5. The Kier molecular flexibility index (Phi) is 12.2. The molecule has 4 aromatic rings. The number of furan rings is 1. The Hall–Kier alpha value is -4.58. The van der Waals surface area contributed by atoms with Crippen LogP contribution in [0, 0.1) is 0 Å². The molecule has 1 aliphatic heterocycles. The lowest BCUT2D eigenvalue weighted by Gasteiger charge is -2.29. The smallest absolute Gasteiger partial charge is 0.315 e. The van der Waals surface area contributed by atoms with E-state index < -0.39 is 11.6 Å². The van der Waals surface area contributed by atoms with Gasteiger partial charge in [0.2, 0.25) is 11.8 Å². The van der Waals surface area contributed by atoms with Crippen LogP contribution >= 0.6 is 11.8 Å². The predicted molar refractivity (Wildman–Crippen MR) is 193 cm³/mol. The van der Waals surface area contributed by atoms with E-state index in [1.54, 1.807) is 22.9 Å². The van der Waals surface area contributed by atoms with Gasteiger partial charge in [-0.1, -0.05) is 48.5 Å². The quantitative estimate of drug-likeness (QED) is 0.113. The lowest BCUT2D eigenvalue weighted by atomic mass is 9.98. The van der Waals surface area contributed by atoms with Gasteiger partial charge in [0.25, 0.3) is 0 Å². The number of fused-ring (bicyclic) bond motifs is 1. The molecule has 1 atom stereocenters. The van der Waals surface area contributed by atoms with Gasteiger partial charge in [0.1, 0.15) is 11.8 Å². The number of hydrogen-bond donors (Lipinski definition) is 5. The van der Waals surface area contributed by atoms with Gasteiger partial charge in [-0.25, -0.2) is 4.79 Å². The van der Waals surface area contributed by atoms with Gasteiger partial charge in [-0.3, -0.25) is 9.59 Å². The van der Waals surface area contributed by atoms with Crippen LogP contribution < -0.4 is 26.2 Å². The average Bonchev–Trinajstić information content (AvgIpc) is 3.60. The van der Waals surface area contributed by atoms with Crippen LogP contribution in [0.25, 0.3) is 11.1 Å². The summed E-state index contributed by atoms with van der Waals surface area (Å²) in [5.41, 5.74) is 5.31. The summed E-state index contributed by atoms with van der Waals surface area (Å²) in [5, 5.41) is 20.8. The van der Waals surface area contributed by atoms with Crippen LogP contribution in [0.5, 0.6) is 0 Å². The maximum Gasteiger partial charge on any atom is 0.315 e. The molecule has 10 nitrogen and oxygen atoms in total. The van der Waals surface area contributed by atoms with Crippen molar-refractivity contribution in [1.82, 2.24) is 21.3 Å². The number of rotatable bonds is 14. The number of anilines is 1. The molecule has 0 aliphatic carbocycles. The van der Waals surface area contributed by atoms with Crippen molar-refractivity contribution >= 4 is 35.3 Å². The Labute approximate surface area is 292 Å². The fourth-order valence-electron chi connectivity index (χ4n) is 5.96. The van der Waals surface area contributed by atoms with Crippen molar-refractivity contribution in [3.05, 3.63) is 108 Å². The first-order valence-corrected chi connectivity index (χ1v) is 17.7. The van der Waals surface area contributed by atoms with Gasteiger partial charge in [0.05, 0.1) is 26.0 Å². The molecule has 4 amide bonds. The zero-order chi connectivity index (χ0) is 34.8. The van der Waals surface area contributed by atoms with Crippen LogP contribution in [0.2, 0.25) is 0 Å². The highest BCUT2D eigenvalue weighted by Gasteiger charge is 2.33. The molecule has 49 heavy (non-hydrogen) atoms. The van der Waals surface area contributed by atoms with Gasteiger partial charge in [-0.2, -0.15) is 0 Å². The molecule has 1 aromatic heterocycles. The summed E-state index contributed by atoms with van der Waals surface area (Å²) in [7, 11) is 0. The number of thioether (sulfide) groups is 1. The third-order valence-corrected chi connectivity index (χ3v) is 9.29. The van der Waals surface area contributed by atoms with E-state index in [1.807, 2.05) is 92.9 Å². The summed E-state index contributed by atoms with van der Waals surface area (Å²) in [6.07, 6.45) is 5.03. The molecule has 1 aliphatic rings. The summed E-state index contributed by atoms with van der Waals surface area (Å²) in [6.45, 7) is 5.17. The van der Waals surface area contributed by atoms with Gasteiger partial charge in [0.15, 0.2) is 0 Å². The van der Waals surface area contributed by atoms with Crippen LogP contribution in [-0.4, -0.2) is 53.9 Å². The number of urea groups is 1. The Morgan fingerprint density at radius 2 is 1.80 bits per heavy atom. The molecule has 5 N–H and O–H groups in total. The first-order chi connectivity index (χ1) is 23.7. The SMILES string of the molecule is CSc1ccc2c(c1)CC[C@@H](NC(=O)CC(C)(C)NCc1ccco1)C(=O)N2Cc1ccc(-c2ccccc2CNC(=O)NCCO)cc1. The number of benzene rings is 3. The number of hydrogen-bond acceptors (Lipinski definition) is 7. The number of aliphatic hydroxyl groups is 1. The molecular formula is C38H45N5O5S. The number of aryl methyl sites for hydroxylation is 1. The number of carbonyl (C=O) groups is 3. The Balaban J connectivity index is 1.31. The maximum absolute atomic E-state index is 14.2. The highest BCUT2D eigenvalue weighted by atomic mass is 32.2. The highest BCUT2D eigenvalue weighted by Crippen LogP contribution is 2.33. The monoisotopic (exact) mass is 683 g/mol. The van der Waals surface area contributed by atoms with E-state index in [0.717, 1.165) is 44.2 Å². The summed E-state index contributed by atoms with van der Waals surface area (Å²) < 4.78 is 5.42. The molecule has 0 bridgehead atoms. The van der Waals surface area contributed by atoms with E-state index in [4.69, 9.17) is 9.52 Å². The molecule has 3 aromatic carbocycles. The largest absolute Gasteiger partial charge is 0.468 e. The Morgan fingerprint density at radius 1 is 1.00 bits per heavy atom. The Bertz CT molecular complexity index is 1720. The number of amides is 4. The van der Waals surface area contributed by atoms with E-state index in [2.05, 4.69) is 27.3 Å². The van der Waals surface area contributed by atoms with E-state index in [0.29, 0.717) is 32.5 Å². The molecule has 5 rings (SSSR count). The molecule has 0 fully saturated rings. The van der Waals surface area contributed by atoms with Crippen molar-refractivity contribution in [3.8, 4) is 11.1 Å². The van der Waals surface area contributed by atoms with Crippen molar-refractivity contribution < 1.29 is 23.9 Å². The minimum Gasteiger partial charge on any atom is -0.468 e. The van der Waals surface area contributed by atoms with Crippen molar-refractivity contribution in [2.24, 2.45) is 0 Å². The molecule has 0 radical (unpaired) electrons. The molecule has 11 heteroatoms. The van der Waals surface area contributed by atoms with Gasteiger partial charge in [-0.05, 0) is 91.1 Å². The van der Waals surface area contributed by atoms with Crippen LogP contribution in [0.3, 0.4) is 0 Å². The minimum absolute atomic E-state index is 0.122. The standard InChI is InChI=1S/C38H45N5O5S/c1-38(2,41-24-30-8-6-20-48-30)22-35(45)42-33-16-14-28-21-31(49-3)15-17-34(28)43(36(33)46)25-26-10-12-27(13-11-26)32-9-5-4-7-29(32)23-40-37(47)39-18-19-44/h4-13,15,17,20-21,33,41,44H,14,16,18-19,22-25H2,1-3H3,(H,42,45)(H2,39,40,47)/t33-/m1/s1. The van der Waals surface area contributed by atoms with E-state index in [1.165, 1.54) is 0 Å². The lowest BCUT2D eigenvalue weighted by Crippen LogP contribution is -2.50. The summed E-state index contributed by atoms with van der Waals surface area (Å²) in [5.74, 6) is 0.471. The topological polar surface area (TPSA) is 136 Å². The van der Waals surface area contributed by atoms with Crippen LogP contribution in [0.15, 0.2) is 94.4 Å². The second-order valence-corrected chi connectivity index (χ2v) is 13.6. The molecule has 0 saturated heterocycles. The number of nitrogens with zero attached hydrogens (tertiary/aromatic N) is 1. The second kappa shape index (κ2) is 16.7. The average molecular weight is 684 g/mol. The summed E-state index contributed by atoms with van der Waals surface area (Å²) >= 11 is 1.66. The Morgan fingerprint density at radius 3 is 2.53 bits per heavy atom. The van der Waals surface area contributed by atoms with E-state index in [9.17, 15) is 14.4 Å². The molecule has 0 spiro atoms. The molecule has 0 unspecified atom stereocenters. The van der Waals surface area contributed by atoms with Crippen LogP contribution in [0.1, 0.15) is 49.1 Å². The van der Waals surface area contributed by atoms with Gasteiger partial charge in [0, 0.05) is 35.6 Å². The predicted octanol–water partition coefficient (Wildman–Crippen LogP) is 5.38. The second-order valence-electron chi connectivity index (χ2n) is 12.8. The van der Waals surface area contributed by atoms with Crippen molar-refractivity contribution in [3.63, 3.8) is 0 Å². The zero-order valence-electron chi connectivity index (χ0n) is 28.3. The first kappa shape index (κ1) is 35.7. The van der Waals surface area contributed by atoms with Crippen LogP contribution in [-0.2, 0) is 35.6 Å². The van der Waals surface area contributed by atoms with Crippen LogP contribution in [0.4, 0.5) is 10.5 Å². The van der Waals surface area contributed by atoms with Crippen molar-refractivity contribution in [1.29, 1.82) is 0 Å². The zero-order valence-corrected chi connectivity index (χ0v) is 29.1. The molecular weight excluding hydrogens is 639 g/mol.